The van der Waals surface area contributed by atoms with E-state index in [0.29, 0.717) is 37.5 Å². The van der Waals surface area contributed by atoms with Crippen molar-refractivity contribution in [3.8, 4) is 0 Å². The number of ether oxygens (including phenoxy) is 1. The maximum atomic E-state index is 11.8. The van der Waals surface area contributed by atoms with Gasteiger partial charge in [-0.25, -0.2) is 0 Å². The number of fused-ring (bicyclic) bond motifs is 1. The molecular formula is C12H21NO3. The van der Waals surface area contributed by atoms with Crippen LogP contribution in [0.4, 0.5) is 0 Å². The molecular weight excluding hydrogens is 206 g/mol. The number of rotatable bonds is 6. The van der Waals surface area contributed by atoms with Gasteiger partial charge in [0.25, 0.3) is 0 Å². The molecule has 0 heterocycles. The van der Waals surface area contributed by atoms with Crippen LogP contribution in [0.1, 0.15) is 25.7 Å². The second-order valence-electron chi connectivity index (χ2n) is 4.76. The number of aliphatic hydroxyl groups is 1. The van der Waals surface area contributed by atoms with Crippen molar-refractivity contribution in [3.63, 3.8) is 0 Å². The van der Waals surface area contributed by atoms with E-state index < -0.39 is 0 Å². The maximum Gasteiger partial charge on any atom is 0.223 e. The van der Waals surface area contributed by atoms with Crippen LogP contribution in [0.15, 0.2) is 0 Å². The summed E-state index contributed by atoms with van der Waals surface area (Å²) in [6.07, 6.45) is 5.07. The molecule has 4 heteroatoms. The largest absolute Gasteiger partial charge is 0.394 e. The van der Waals surface area contributed by atoms with Crippen LogP contribution in [-0.4, -0.2) is 37.4 Å². The number of hydrogen-bond donors (Lipinski definition) is 2. The molecule has 2 aliphatic carbocycles. The number of amides is 1. The second-order valence-corrected chi connectivity index (χ2v) is 4.76. The molecule has 2 N–H and O–H groups in total. The van der Waals surface area contributed by atoms with Crippen molar-refractivity contribution < 1.29 is 14.6 Å². The minimum Gasteiger partial charge on any atom is -0.394 e. The summed E-state index contributed by atoms with van der Waals surface area (Å²) in [4.78, 5) is 11.8. The summed E-state index contributed by atoms with van der Waals surface area (Å²) in [7, 11) is 0. The van der Waals surface area contributed by atoms with E-state index in [-0.39, 0.29) is 12.5 Å². The Morgan fingerprint density at radius 2 is 1.94 bits per heavy atom. The summed E-state index contributed by atoms with van der Waals surface area (Å²) >= 11 is 0. The highest BCUT2D eigenvalue weighted by molar-refractivity contribution is 5.82. The third-order valence-electron chi connectivity index (χ3n) is 3.74. The monoisotopic (exact) mass is 227 g/mol. The molecule has 16 heavy (non-hydrogen) atoms. The van der Waals surface area contributed by atoms with Crippen LogP contribution in [0.5, 0.6) is 0 Å². The Balaban J connectivity index is 1.58. The van der Waals surface area contributed by atoms with E-state index in [2.05, 4.69) is 5.32 Å². The van der Waals surface area contributed by atoms with Crippen molar-refractivity contribution >= 4 is 5.91 Å². The molecule has 0 aromatic heterocycles. The average molecular weight is 227 g/mol. The molecule has 2 rings (SSSR count). The van der Waals surface area contributed by atoms with Crippen molar-refractivity contribution in [3.05, 3.63) is 0 Å². The van der Waals surface area contributed by atoms with Crippen LogP contribution in [0.3, 0.4) is 0 Å². The molecule has 4 nitrogen and oxygen atoms in total. The molecule has 0 radical (unpaired) electrons. The summed E-state index contributed by atoms with van der Waals surface area (Å²) in [5.41, 5.74) is 0. The zero-order chi connectivity index (χ0) is 11.4. The Hall–Kier alpha value is -0.610. The first-order valence-corrected chi connectivity index (χ1v) is 6.31. The van der Waals surface area contributed by atoms with Crippen LogP contribution in [0.2, 0.25) is 0 Å². The van der Waals surface area contributed by atoms with E-state index in [1.807, 2.05) is 0 Å². The normalized spacial score (nSPS) is 31.9. The van der Waals surface area contributed by atoms with Gasteiger partial charge in [0.05, 0.1) is 19.8 Å². The summed E-state index contributed by atoms with van der Waals surface area (Å²) in [5.74, 6) is 1.85. The number of aliphatic hydroxyl groups excluding tert-OH is 1. The molecule has 0 aliphatic heterocycles. The van der Waals surface area contributed by atoms with Gasteiger partial charge in [0.1, 0.15) is 0 Å². The molecule has 0 aromatic carbocycles. The second kappa shape index (κ2) is 5.64. The highest BCUT2D eigenvalue weighted by Crippen LogP contribution is 2.55. The zero-order valence-electron chi connectivity index (χ0n) is 9.65. The fourth-order valence-electron chi connectivity index (χ4n) is 2.91. The van der Waals surface area contributed by atoms with Crippen LogP contribution >= 0.6 is 0 Å². The van der Waals surface area contributed by atoms with E-state index in [9.17, 15) is 4.79 Å². The van der Waals surface area contributed by atoms with E-state index in [0.717, 1.165) is 0 Å². The Morgan fingerprint density at radius 1 is 1.25 bits per heavy atom. The van der Waals surface area contributed by atoms with Crippen molar-refractivity contribution in [2.24, 2.45) is 17.8 Å². The van der Waals surface area contributed by atoms with Crippen molar-refractivity contribution in [2.45, 2.75) is 25.7 Å². The first-order chi connectivity index (χ1) is 7.84. The first kappa shape index (κ1) is 11.9. The van der Waals surface area contributed by atoms with Gasteiger partial charge in [-0.05, 0) is 24.7 Å². The van der Waals surface area contributed by atoms with Gasteiger partial charge in [-0.1, -0.05) is 12.8 Å². The van der Waals surface area contributed by atoms with Gasteiger partial charge in [-0.3, -0.25) is 4.79 Å². The van der Waals surface area contributed by atoms with Crippen LogP contribution in [0.25, 0.3) is 0 Å². The maximum absolute atomic E-state index is 11.8. The Kier molecular flexibility index (Phi) is 4.18. The van der Waals surface area contributed by atoms with Gasteiger partial charge in [0.15, 0.2) is 0 Å². The van der Waals surface area contributed by atoms with Gasteiger partial charge >= 0.3 is 0 Å². The number of carbonyl (C=O) groups is 1. The van der Waals surface area contributed by atoms with Crippen LogP contribution in [-0.2, 0) is 9.53 Å². The zero-order valence-corrected chi connectivity index (χ0v) is 9.65. The third kappa shape index (κ3) is 2.74. The van der Waals surface area contributed by atoms with Gasteiger partial charge in [0.2, 0.25) is 5.91 Å². The predicted molar refractivity (Wildman–Crippen MR) is 59.9 cm³/mol. The minimum atomic E-state index is 0.0424. The Labute approximate surface area is 96.4 Å². The highest BCUT2D eigenvalue weighted by atomic mass is 16.5. The van der Waals surface area contributed by atoms with Crippen molar-refractivity contribution in [2.75, 3.05) is 26.4 Å². The average Bonchev–Trinajstić information content (AvgIpc) is 3.02. The summed E-state index contributed by atoms with van der Waals surface area (Å²) in [5, 5.41) is 11.4. The Bertz CT molecular complexity index is 232. The molecule has 92 valence electrons. The summed E-state index contributed by atoms with van der Waals surface area (Å²) < 4.78 is 5.09. The molecule has 2 unspecified atom stereocenters. The van der Waals surface area contributed by atoms with Crippen LogP contribution < -0.4 is 5.32 Å². The third-order valence-corrected chi connectivity index (χ3v) is 3.74. The number of hydrogen-bond acceptors (Lipinski definition) is 3. The summed E-state index contributed by atoms with van der Waals surface area (Å²) in [6.45, 7) is 1.45. The molecule has 0 saturated heterocycles. The quantitative estimate of drug-likeness (QED) is 0.651. The molecule has 0 bridgehead atoms. The van der Waals surface area contributed by atoms with E-state index >= 15 is 0 Å². The fourth-order valence-corrected chi connectivity index (χ4v) is 2.91. The van der Waals surface area contributed by atoms with Gasteiger partial charge in [-0.2, -0.15) is 0 Å². The van der Waals surface area contributed by atoms with E-state index in [1.165, 1.54) is 25.7 Å². The Morgan fingerprint density at radius 3 is 2.56 bits per heavy atom. The van der Waals surface area contributed by atoms with E-state index in [4.69, 9.17) is 9.84 Å². The molecule has 1 amide bonds. The first-order valence-electron chi connectivity index (χ1n) is 6.31. The molecule has 2 fully saturated rings. The topological polar surface area (TPSA) is 58.6 Å². The molecule has 2 aliphatic rings. The lowest BCUT2D eigenvalue weighted by Gasteiger charge is -2.04. The fraction of sp³-hybridized carbons (Fsp3) is 0.917. The molecule has 2 atom stereocenters. The lowest BCUT2D eigenvalue weighted by atomic mass is 10.0. The van der Waals surface area contributed by atoms with Gasteiger partial charge < -0.3 is 15.2 Å². The lowest BCUT2D eigenvalue weighted by molar-refractivity contribution is -0.123. The lowest BCUT2D eigenvalue weighted by Crippen LogP contribution is -2.29. The van der Waals surface area contributed by atoms with Gasteiger partial charge in [0, 0.05) is 12.5 Å². The molecule has 2 saturated carbocycles. The number of nitrogens with one attached hydrogen (secondary N) is 1. The SMILES string of the molecule is O=C(NCCOCCO)C1C2CCCCC21. The smallest absolute Gasteiger partial charge is 0.223 e. The minimum absolute atomic E-state index is 0.0424. The standard InChI is InChI=1S/C12H21NO3/c14-6-8-16-7-5-13-12(15)11-9-3-1-2-4-10(9)11/h9-11,14H,1-8H2,(H,13,15). The van der Waals surface area contributed by atoms with Crippen molar-refractivity contribution in [1.82, 2.24) is 5.32 Å². The van der Waals surface area contributed by atoms with Gasteiger partial charge in [-0.15, -0.1) is 0 Å². The number of carbonyl (C=O) groups excluding carboxylic acids is 1. The highest BCUT2D eigenvalue weighted by Gasteiger charge is 2.54. The van der Waals surface area contributed by atoms with E-state index in [1.54, 1.807) is 0 Å². The summed E-state index contributed by atoms with van der Waals surface area (Å²) in [6, 6.07) is 0. The molecule has 0 spiro atoms. The van der Waals surface area contributed by atoms with Crippen molar-refractivity contribution in [1.29, 1.82) is 0 Å². The van der Waals surface area contributed by atoms with Crippen LogP contribution in [0, 0.1) is 17.8 Å². The molecule has 0 aromatic rings. The predicted octanol–water partition coefficient (Wildman–Crippen LogP) is 0.548.